The summed E-state index contributed by atoms with van der Waals surface area (Å²) >= 11 is 0. The normalized spacial score (nSPS) is 13.0. The molecule has 5 heteroatoms. The van der Waals surface area contributed by atoms with E-state index in [4.69, 9.17) is 9.47 Å². The summed E-state index contributed by atoms with van der Waals surface area (Å²) in [5, 5.41) is 2.99. The van der Waals surface area contributed by atoms with Crippen molar-refractivity contribution < 1.29 is 14.3 Å². The van der Waals surface area contributed by atoms with Gasteiger partial charge in [-0.1, -0.05) is 18.2 Å². The SMILES string of the molecule is Cc1cccc(NC(=O)CN(C)Cc2ccc3c(c2)OCCO3)c1C. The zero-order valence-corrected chi connectivity index (χ0v) is 15.0. The van der Waals surface area contributed by atoms with Gasteiger partial charge in [-0.25, -0.2) is 0 Å². The molecule has 0 saturated heterocycles. The molecule has 132 valence electrons. The van der Waals surface area contributed by atoms with Crippen LogP contribution in [0.2, 0.25) is 0 Å². The molecule has 3 rings (SSSR count). The number of nitrogens with one attached hydrogen (secondary N) is 1. The van der Waals surface area contributed by atoms with Crippen LogP contribution >= 0.6 is 0 Å². The second kappa shape index (κ2) is 7.57. The molecule has 0 fully saturated rings. The smallest absolute Gasteiger partial charge is 0.238 e. The van der Waals surface area contributed by atoms with E-state index in [1.807, 2.05) is 62.2 Å². The van der Waals surface area contributed by atoms with Crippen LogP contribution in [0.1, 0.15) is 16.7 Å². The molecule has 0 aliphatic carbocycles. The van der Waals surface area contributed by atoms with Gasteiger partial charge in [0.2, 0.25) is 5.91 Å². The van der Waals surface area contributed by atoms with E-state index in [-0.39, 0.29) is 5.91 Å². The molecule has 2 aromatic rings. The summed E-state index contributed by atoms with van der Waals surface area (Å²) in [6.07, 6.45) is 0. The first kappa shape index (κ1) is 17.3. The highest BCUT2D eigenvalue weighted by Crippen LogP contribution is 2.31. The van der Waals surface area contributed by atoms with Crippen LogP contribution in [0.3, 0.4) is 0 Å². The number of likely N-dealkylation sites (N-methyl/N-ethyl adjacent to an activating group) is 1. The molecule has 0 aromatic heterocycles. The van der Waals surface area contributed by atoms with Crippen LogP contribution in [0, 0.1) is 13.8 Å². The van der Waals surface area contributed by atoms with Crippen molar-refractivity contribution >= 4 is 11.6 Å². The monoisotopic (exact) mass is 340 g/mol. The fraction of sp³-hybridized carbons (Fsp3) is 0.350. The molecule has 1 aliphatic heterocycles. The van der Waals surface area contributed by atoms with Crippen molar-refractivity contribution in [2.45, 2.75) is 20.4 Å². The third-order valence-corrected chi connectivity index (χ3v) is 4.35. The van der Waals surface area contributed by atoms with Crippen molar-refractivity contribution in [1.82, 2.24) is 4.90 Å². The third-order valence-electron chi connectivity index (χ3n) is 4.35. The molecule has 1 heterocycles. The zero-order chi connectivity index (χ0) is 17.8. The highest BCUT2D eigenvalue weighted by atomic mass is 16.6. The number of aryl methyl sites for hydroxylation is 1. The Morgan fingerprint density at radius 1 is 1.12 bits per heavy atom. The fourth-order valence-corrected chi connectivity index (χ4v) is 2.88. The molecule has 5 nitrogen and oxygen atoms in total. The Labute approximate surface area is 148 Å². The molecule has 1 N–H and O–H groups in total. The average Bonchev–Trinajstić information content (AvgIpc) is 2.58. The van der Waals surface area contributed by atoms with E-state index >= 15 is 0 Å². The van der Waals surface area contributed by atoms with Crippen molar-refractivity contribution in [3.05, 3.63) is 53.1 Å². The second-order valence-corrected chi connectivity index (χ2v) is 6.45. The van der Waals surface area contributed by atoms with E-state index in [9.17, 15) is 4.79 Å². The number of hydrogen-bond donors (Lipinski definition) is 1. The maximum atomic E-state index is 12.3. The van der Waals surface area contributed by atoms with E-state index in [0.717, 1.165) is 28.3 Å². The first-order valence-corrected chi connectivity index (χ1v) is 8.46. The first-order valence-electron chi connectivity index (χ1n) is 8.46. The van der Waals surface area contributed by atoms with Gasteiger partial charge in [0.05, 0.1) is 6.54 Å². The molecule has 0 radical (unpaired) electrons. The van der Waals surface area contributed by atoms with Gasteiger partial charge in [0.15, 0.2) is 11.5 Å². The van der Waals surface area contributed by atoms with Crippen LogP contribution in [-0.2, 0) is 11.3 Å². The highest BCUT2D eigenvalue weighted by Gasteiger charge is 2.14. The molecule has 0 spiro atoms. The van der Waals surface area contributed by atoms with Crippen LogP contribution in [0.5, 0.6) is 11.5 Å². The Morgan fingerprint density at radius 3 is 2.68 bits per heavy atom. The van der Waals surface area contributed by atoms with E-state index in [2.05, 4.69) is 5.32 Å². The Morgan fingerprint density at radius 2 is 1.88 bits per heavy atom. The number of hydrogen-bond acceptors (Lipinski definition) is 4. The number of fused-ring (bicyclic) bond motifs is 1. The van der Waals surface area contributed by atoms with Gasteiger partial charge >= 0.3 is 0 Å². The summed E-state index contributed by atoms with van der Waals surface area (Å²) in [5.41, 5.74) is 4.23. The largest absolute Gasteiger partial charge is 0.486 e. The number of nitrogens with zero attached hydrogens (tertiary/aromatic N) is 1. The Bertz CT molecular complexity index is 774. The lowest BCUT2D eigenvalue weighted by atomic mass is 10.1. The van der Waals surface area contributed by atoms with Crippen LogP contribution in [0.25, 0.3) is 0 Å². The summed E-state index contributed by atoms with van der Waals surface area (Å²) in [5.74, 6) is 1.54. The van der Waals surface area contributed by atoms with E-state index in [1.165, 1.54) is 5.56 Å². The highest BCUT2D eigenvalue weighted by molar-refractivity contribution is 5.93. The molecule has 0 saturated carbocycles. The molecule has 25 heavy (non-hydrogen) atoms. The Kier molecular flexibility index (Phi) is 5.24. The van der Waals surface area contributed by atoms with Gasteiger partial charge in [0.1, 0.15) is 13.2 Å². The van der Waals surface area contributed by atoms with Gasteiger partial charge in [-0.05, 0) is 55.8 Å². The maximum absolute atomic E-state index is 12.3. The number of carbonyl (C=O) groups excluding carboxylic acids is 1. The molecular weight excluding hydrogens is 316 g/mol. The van der Waals surface area contributed by atoms with E-state index in [1.54, 1.807) is 0 Å². The third kappa shape index (κ3) is 4.31. The molecule has 1 amide bonds. The lowest BCUT2D eigenvalue weighted by Crippen LogP contribution is -2.30. The molecule has 2 aromatic carbocycles. The summed E-state index contributed by atoms with van der Waals surface area (Å²) in [7, 11) is 1.93. The molecule has 1 aliphatic rings. The van der Waals surface area contributed by atoms with Crippen molar-refractivity contribution in [2.24, 2.45) is 0 Å². The average molecular weight is 340 g/mol. The Hall–Kier alpha value is -2.53. The number of carbonyl (C=O) groups is 1. The number of amides is 1. The van der Waals surface area contributed by atoms with Crippen LogP contribution in [-0.4, -0.2) is 37.6 Å². The van der Waals surface area contributed by atoms with Crippen LogP contribution < -0.4 is 14.8 Å². The lowest BCUT2D eigenvalue weighted by Gasteiger charge is -2.21. The first-order chi connectivity index (χ1) is 12.0. The van der Waals surface area contributed by atoms with E-state index < -0.39 is 0 Å². The lowest BCUT2D eigenvalue weighted by molar-refractivity contribution is -0.117. The summed E-state index contributed by atoms with van der Waals surface area (Å²) < 4.78 is 11.1. The number of benzene rings is 2. The summed E-state index contributed by atoms with van der Waals surface area (Å²) in [6, 6.07) is 11.8. The molecular formula is C20H24N2O3. The summed E-state index contributed by atoms with van der Waals surface area (Å²) in [6.45, 7) is 6.21. The molecule has 0 unspecified atom stereocenters. The number of ether oxygens (including phenoxy) is 2. The van der Waals surface area contributed by atoms with Gasteiger partial charge in [0, 0.05) is 12.2 Å². The minimum absolute atomic E-state index is 0.0197. The standard InChI is InChI=1S/C20H24N2O3/c1-14-5-4-6-17(15(14)2)21-20(23)13-22(3)12-16-7-8-18-19(11-16)25-10-9-24-18/h4-8,11H,9-10,12-13H2,1-3H3,(H,21,23). The summed E-state index contributed by atoms with van der Waals surface area (Å²) in [4.78, 5) is 14.3. The van der Waals surface area contributed by atoms with Gasteiger partial charge in [-0.3, -0.25) is 9.69 Å². The minimum atomic E-state index is -0.0197. The van der Waals surface area contributed by atoms with Crippen LogP contribution in [0.15, 0.2) is 36.4 Å². The number of rotatable bonds is 5. The van der Waals surface area contributed by atoms with Gasteiger partial charge in [-0.15, -0.1) is 0 Å². The van der Waals surface area contributed by atoms with Crippen molar-refractivity contribution in [3.8, 4) is 11.5 Å². The molecule has 0 bridgehead atoms. The predicted octanol–water partition coefficient (Wildman–Crippen LogP) is 3.15. The maximum Gasteiger partial charge on any atom is 0.238 e. The van der Waals surface area contributed by atoms with Gasteiger partial charge in [0.25, 0.3) is 0 Å². The van der Waals surface area contributed by atoms with Crippen molar-refractivity contribution in [1.29, 1.82) is 0 Å². The van der Waals surface area contributed by atoms with Crippen LogP contribution in [0.4, 0.5) is 5.69 Å². The predicted molar refractivity (Wildman–Crippen MR) is 98.3 cm³/mol. The van der Waals surface area contributed by atoms with Crippen molar-refractivity contribution in [3.63, 3.8) is 0 Å². The molecule has 0 atom stereocenters. The Balaban J connectivity index is 1.57. The van der Waals surface area contributed by atoms with Crippen molar-refractivity contribution in [2.75, 3.05) is 32.1 Å². The van der Waals surface area contributed by atoms with E-state index in [0.29, 0.717) is 26.3 Å². The minimum Gasteiger partial charge on any atom is -0.486 e. The quantitative estimate of drug-likeness (QED) is 0.908. The topological polar surface area (TPSA) is 50.8 Å². The number of anilines is 1. The zero-order valence-electron chi connectivity index (χ0n) is 15.0. The second-order valence-electron chi connectivity index (χ2n) is 6.45. The fourth-order valence-electron chi connectivity index (χ4n) is 2.88. The van der Waals surface area contributed by atoms with Gasteiger partial charge in [-0.2, -0.15) is 0 Å². The van der Waals surface area contributed by atoms with Gasteiger partial charge < -0.3 is 14.8 Å².